The number of esters is 1. The molecule has 0 radical (unpaired) electrons. The van der Waals surface area contributed by atoms with E-state index in [0.29, 0.717) is 12.0 Å². The summed E-state index contributed by atoms with van der Waals surface area (Å²) in [7, 11) is 0. The first kappa shape index (κ1) is 15.1. The molecular weight excluding hydrogens is 242 g/mol. The van der Waals surface area contributed by atoms with Gasteiger partial charge in [-0.15, -0.1) is 0 Å². The fourth-order valence-electron chi connectivity index (χ4n) is 1.64. The molecule has 0 aliphatic carbocycles. The van der Waals surface area contributed by atoms with Crippen molar-refractivity contribution in [1.82, 2.24) is 0 Å². The van der Waals surface area contributed by atoms with E-state index in [4.69, 9.17) is 4.74 Å². The average molecular weight is 261 g/mol. The topological polar surface area (TPSA) is 55.7 Å². The largest absolute Gasteiger partial charge is 0.456 e. The van der Waals surface area contributed by atoms with Gasteiger partial charge in [-0.05, 0) is 44.9 Å². The normalized spacial score (nSPS) is 12.4. The Morgan fingerprint density at radius 3 is 2.32 bits per heavy atom. The van der Waals surface area contributed by atoms with Crippen LogP contribution in [0.2, 0.25) is 0 Å². The van der Waals surface area contributed by atoms with Gasteiger partial charge in [0, 0.05) is 0 Å². The Morgan fingerprint density at radius 2 is 1.89 bits per heavy atom. The molecule has 0 bridgehead atoms. The van der Waals surface area contributed by atoms with Crippen LogP contribution in [-0.2, 0) is 9.53 Å². The highest BCUT2D eigenvalue weighted by molar-refractivity contribution is 5.89. The standard InChI is InChI=1S/C15H19NO3/c1-5-13(16-10-17)11-6-8-12(9-7-11)14(18)19-15(2,3)4/h6-9,13H,5H2,1-4H3. The number of carbonyl (C=O) groups excluding carboxylic acids is 2. The minimum absolute atomic E-state index is 0.204. The summed E-state index contributed by atoms with van der Waals surface area (Å²) in [5, 5.41) is 0. The summed E-state index contributed by atoms with van der Waals surface area (Å²) in [5.74, 6) is -0.356. The Bertz CT molecular complexity index is 479. The highest BCUT2D eigenvalue weighted by atomic mass is 16.6. The van der Waals surface area contributed by atoms with Gasteiger partial charge in [-0.1, -0.05) is 19.1 Å². The Hall–Kier alpha value is -1.93. The second-order valence-corrected chi connectivity index (χ2v) is 5.27. The van der Waals surface area contributed by atoms with Gasteiger partial charge in [-0.25, -0.2) is 9.59 Å². The molecule has 0 amide bonds. The smallest absolute Gasteiger partial charge is 0.338 e. The van der Waals surface area contributed by atoms with Crippen molar-refractivity contribution in [2.45, 2.75) is 45.8 Å². The number of hydrogen-bond donors (Lipinski definition) is 0. The average Bonchev–Trinajstić information content (AvgIpc) is 2.34. The van der Waals surface area contributed by atoms with E-state index in [0.717, 1.165) is 5.56 Å². The minimum atomic E-state index is -0.510. The van der Waals surface area contributed by atoms with E-state index in [-0.39, 0.29) is 12.0 Å². The van der Waals surface area contributed by atoms with Crippen molar-refractivity contribution in [3.63, 3.8) is 0 Å². The molecule has 0 heterocycles. The molecule has 1 aromatic carbocycles. The minimum Gasteiger partial charge on any atom is -0.456 e. The molecule has 1 unspecified atom stereocenters. The molecule has 0 aromatic heterocycles. The van der Waals surface area contributed by atoms with Gasteiger partial charge in [0.2, 0.25) is 6.08 Å². The van der Waals surface area contributed by atoms with Crippen molar-refractivity contribution >= 4 is 12.0 Å². The molecule has 0 spiro atoms. The van der Waals surface area contributed by atoms with Gasteiger partial charge in [-0.3, -0.25) is 0 Å². The van der Waals surface area contributed by atoms with Crippen molar-refractivity contribution < 1.29 is 14.3 Å². The summed E-state index contributed by atoms with van der Waals surface area (Å²) in [5.41, 5.74) is 0.866. The second-order valence-electron chi connectivity index (χ2n) is 5.27. The van der Waals surface area contributed by atoms with Crippen molar-refractivity contribution in [2.24, 2.45) is 4.99 Å². The third kappa shape index (κ3) is 4.68. The van der Waals surface area contributed by atoms with Crippen LogP contribution in [0.3, 0.4) is 0 Å². The summed E-state index contributed by atoms with van der Waals surface area (Å²) in [6, 6.07) is 6.74. The number of aliphatic imine (C=N–C) groups is 1. The zero-order chi connectivity index (χ0) is 14.5. The molecule has 0 aliphatic rings. The van der Waals surface area contributed by atoms with Crippen LogP contribution in [0.5, 0.6) is 0 Å². The van der Waals surface area contributed by atoms with Crippen LogP contribution in [-0.4, -0.2) is 17.7 Å². The summed E-state index contributed by atoms with van der Waals surface area (Å²) < 4.78 is 5.27. The van der Waals surface area contributed by atoms with E-state index in [9.17, 15) is 9.59 Å². The first-order chi connectivity index (χ1) is 8.87. The predicted octanol–water partition coefficient (Wildman–Crippen LogP) is 3.43. The molecule has 102 valence electrons. The highest BCUT2D eigenvalue weighted by Crippen LogP contribution is 2.21. The SMILES string of the molecule is CCC(N=C=O)c1ccc(C(=O)OC(C)(C)C)cc1. The number of nitrogens with zero attached hydrogens (tertiary/aromatic N) is 1. The van der Waals surface area contributed by atoms with E-state index in [2.05, 4.69) is 4.99 Å². The molecule has 0 saturated carbocycles. The van der Waals surface area contributed by atoms with Crippen molar-refractivity contribution in [2.75, 3.05) is 0 Å². The van der Waals surface area contributed by atoms with Crippen molar-refractivity contribution in [3.05, 3.63) is 35.4 Å². The number of benzene rings is 1. The van der Waals surface area contributed by atoms with Crippen LogP contribution in [0.25, 0.3) is 0 Å². The van der Waals surface area contributed by atoms with Gasteiger partial charge in [0.15, 0.2) is 0 Å². The van der Waals surface area contributed by atoms with E-state index in [1.54, 1.807) is 30.3 Å². The summed E-state index contributed by atoms with van der Waals surface area (Å²) in [6.07, 6.45) is 2.28. The van der Waals surface area contributed by atoms with Crippen LogP contribution in [0.1, 0.15) is 56.1 Å². The van der Waals surface area contributed by atoms with Gasteiger partial charge in [-0.2, -0.15) is 4.99 Å². The lowest BCUT2D eigenvalue weighted by atomic mass is 10.0. The summed E-state index contributed by atoms with van der Waals surface area (Å²) in [4.78, 5) is 25.9. The fraction of sp³-hybridized carbons (Fsp3) is 0.467. The lowest BCUT2D eigenvalue weighted by Gasteiger charge is -2.19. The first-order valence-electron chi connectivity index (χ1n) is 6.27. The molecule has 0 aliphatic heterocycles. The number of hydrogen-bond acceptors (Lipinski definition) is 4. The predicted molar refractivity (Wildman–Crippen MR) is 72.8 cm³/mol. The maximum Gasteiger partial charge on any atom is 0.338 e. The maximum absolute atomic E-state index is 11.8. The molecule has 19 heavy (non-hydrogen) atoms. The van der Waals surface area contributed by atoms with E-state index >= 15 is 0 Å². The third-order valence-corrected chi connectivity index (χ3v) is 2.53. The van der Waals surface area contributed by atoms with Gasteiger partial charge in [0.25, 0.3) is 0 Å². The van der Waals surface area contributed by atoms with Crippen molar-refractivity contribution in [3.8, 4) is 0 Å². The first-order valence-corrected chi connectivity index (χ1v) is 6.27. The number of ether oxygens (including phenoxy) is 1. The summed E-state index contributed by atoms with van der Waals surface area (Å²) in [6.45, 7) is 7.41. The zero-order valence-corrected chi connectivity index (χ0v) is 11.8. The van der Waals surface area contributed by atoms with Crippen LogP contribution < -0.4 is 0 Å². The van der Waals surface area contributed by atoms with E-state index < -0.39 is 5.60 Å². The zero-order valence-electron chi connectivity index (χ0n) is 11.8. The Labute approximate surface area is 113 Å². The lowest BCUT2D eigenvalue weighted by molar-refractivity contribution is 0.00695. The van der Waals surface area contributed by atoms with E-state index in [1.165, 1.54) is 0 Å². The van der Waals surface area contributed by atoms with Crippen LogP contribution >= 0.6 is 0 Å². The lowest BCUT2D eigenvalue weighted by Crippen LogP contribution is -2.23. The molecule has 1 aromatic rings. The van der Waals surface area contributed by atoms with Gasteiger partial charge >= 0.3 is 5.97 Å². The molecule has 1 atom stereocenters. The summed E-state index contributed by atoms with van der Waals surface area (Å²) >= 11 is 0. The number of rotatable bonds is 4. The maximum atomic E-state index is 11.8. The Kier molecular flexibility index (Phi) is 5.02. The number of carbonyl (C=O) groups is 1. The van der Waals surface area contributed by atoms with E-state index in [1.807, 2.05) is 27.7 Å². The Balaban J connectivity index is 2.87. The third-order valence-electron chi connectivity index (χ3n) is 2.53. The van der Waals surface area contributed by atoms with Gasteiger partial charge in [0.05, 0.1) is 11.6 Å². The highest BCUT2D eigenvalue weighted by Gasteiger charge is 2.18. The monoisotopic (exact) mass is 261 g/mol. The van der Waals surface area contributed by atoms with Crippen LogP contribution in [0.15, 0.2) is 29.3 Å². The molecule has 0 fully saturated rings. The molecule has 4 heteroatoms. The van der Waals surface area contributed by atoms with Crippen LogP contribution in [0, 0.1) is 0 Å². The Morgan fingerprint density at radius 1 is 1.32 bits per heavy atom. The number of isocyanates is 1. The molecule has 0 N–H and O–H groups in total. The quantitative estimate of drug-likeness (QED) is 0.474. The van der Waals surface area contributed by atoms with Crippen molar-refractivity contribution in [1.29, 1.82) is 0 Å². The fourth-order valence-corrected chi connectivity index (χ4v) is 1.64. The molecular formula is C15H19NO3. The molecule has 4 nitrogen and oxygen atoms in total. The second kappa shape index (κ2) is 6.30. The van der Waals surface area contributed by atoms with Gasteiger partial charge < -0.3 is 4.74 Å². The van der Waals surface area contributed by atoms with Gasteiger partial charge in [0.1, 0.15) is 5.60 Å². The molecule has 0 saturated heterocycles. The van der Waals surface area contributed by atoms with Crippen LogP contribution in [0.4, 0.5) is 0 Å². The molecule has 1 rings (SSSR count).